The molecular formula is C13H25ClIN3. The molecule has 1 rings (SSSR count). The van der Waals surface area contributed by atoms with Crippen molar-refractivity contribution >= 4 is 41.5 Å². The average Bonchev–Trinajstić information content (AvgIpc) is 2.68. The number of likely N-dealkylation sites (tertiary alicyclic amines) is 1. The van der Waals surface area contributed by atoms with E-state index in [4.69, 9.17) is 11.6 Å². The van der Waals surface area contributed by atoms with Crippen molar-refractivity contribution in [3.8, 4) is 0 Å². The summed E-state index contributed by atoms with van der Waals surface area (Å²) in [5.74, 6) is 0.964. The summed E-state index contributed by atoms with van der Waals surface area (Å²) in [7, 11) is 0. The minimum atomic E-state index is 0. The van der Waals surface area contributed by atoms with Crippen molar-refractivity contribution in [2.75, 3.05) is 26.2 Å². The number of guanidine groups is 1. The number of rotatable bonds is 4. The van der Waals surface area contributed by atoms with Crippen LogP contribution in [-0.4, -0.2) is 37.0 Å². The Kier molecular flexibility index (Phi) is 8.26. The maximum Gasteiger partial charge on any atom is 0.194 e. The summed E-state index contributed by atoms with van der Waals surface area (Å²) in [6.07, 6.45) is 2.45. The molecular weight excluding hydrogens is 361 g/mol. The zero-order valence-corrected chi connectivity index (χ0v) is 14.7. The van der Waals surface area contributed by atoms with Crippen LogP contribution in [0, 0.1) is 5.41 Å². The molecule has 3 nitrogen and oxygen atoms in total. The van der Waals surface area contributed by atoms with Gasteiger partial charge in [0.25, 0.3) is 0 Å². The van der Waals surface area contributed by atoms with E-state index in [1.165, 1.54) is 12.8 Å². The predicted molar refractivity (Wildman–Crippen MR) is 91.0 cm³/mol. The van der Waals surface area contributed by atoms with Gasteiger partial charge in [-0.1, -0.05) is 32.0 Å². The van der Waals surface area contributed by atoms with Crippen LogP contribution in [0.25, 0.3) is 0 Å². The molecule has 0 aromatic heterocycles. The predicted octanol–water partition coefficient (Wildman–Crippen LogP) is 3.44. The molecule has 1 fully saturated rings. The molecule has 0 aromatic rings. The molecule has 106 valence electrons. The number of nitrogens with one attached hydrogen (secondary N) is 1. The smallest absolute Gasteiger partial charge is 0.194 e. The number of nitrogens with zero attached hydrogens (tertiary/aromatic N) is 2. The van der Waals surface area contributed by atoms with E-state index in [-0.39, 0.29) is 24.0 Å². The molecule has 0 bridgehead atoms. The fraction of sp³-hybridized carbons (Fsp3) is 0.769. The molecule has 0 amide bonds. The topological polar surface area (TPSA) is 27.6 Å². The number of hydrogen-bond donors (Lipinski definition) is 1. The van der Waals surface area contributed by atoms with Gasteiger partial charge in [-0.15, -0.1) is 24.0 Å². The minimum Gasteiger partial charge on any atom is -0.357 e. The largest absolute Gasteiger partial charge is 0.357 e. The SMILES string of the molecule is C=C(Cl)CN=C(NCC)N1CCC(C)(CC)C1.I. The summed E-state index contributed by atoms with van der Waals surface area (Å²) < 4.78 is 0. The maximum absolute atomic E-state index is 5.76. The highest BCUT2D eigenvalue weighted by Gasteiger charge is 2.33. The normalized spacial score (nSPS) is 23.8. The fourth-order valence-electron chi connectivity index (χ4n) is 2.08. The van der Waals surface area contributed by atoms with Crippen molar-refractivity contribution < 1.29 is 0 Å². The van der Waals surface area contributed by atoms with Gasteiger partial charge in [0.1, 0.15) is 0 Å². The van der Waals surface area contributed by atoms with Gasteiger partial charge in [0.15, 0.2) is 5.96 Å². The number of hydrogen-bond acceptors (Lipinski definition) is 1. The summed E-state index contributed by atoms with van der Waals surface area (Å²) in [5.41, 5.74) is 0.425. The summed E-state index contributed by atoms with van der Waals surface area (Å²) in [6.45, 7) is 13.9. The van der Waals surface area contributed by atoms with Gasteiger partial charge >= 0.3 is 0 Å². The van der Waals surface area contributed by atoms with E-state index < -0.39 is 0 Å². The summed E-state index contributed by atoms with van der Waals surface area (Å²) in [4.78, 5) is 6.82. The van der Waals surface area contributed by atoms with Crippen LogP contribution >= 0.6 is 35.6 Å². The van der Waals surface area contributed by atoms with Crippen LogP contribution < -0.4 is 5.32 Å². The average molecular weight is 386 g/mol. The van der Waals surface area contributed by atoms with Crippen LogP contribution in [0.15, 0.2) is 16.6 Å². The molecule has 0 radical (unpaired) electrons. The second-order valence-corrected chi connectivity index (χ2v) is 5.56. The van der Waals surface area contributed by atoms with E-state index in [9.17, 15) is 0 Å². The molecule has 1 heterocycles. The lowest BCUT2D eigenvalue weighted by Crippen LogP contribution is -2.41. The molecule has 1 N–H and O–H groups in total. The monoisotopic (exact) mass is 385 g/mol. The Hall–Kier alpha value is 0.0300. The lowest BCUT2D eigenvalue weighted by atomic mass is 9.87. The van der Waals surface area contributed by atoms with E-state index in [1.54, 1.807) is 0 Å². The quantitative estimate of drug-likeness (QED) is 0.456. The molecule has 1 unspecified atom stereocenters. The van der Waals surface area contributed by atoms with Gasteiger partial charge < -0.3 is 10.2 Å². The zero-order valence-electron chi connectivity index (χ0n) is 11.6. The second kappa shape index (κ2) is 8.25. The number of halogens is 2. The van der Waals surface area contributed by atoms with Crippen LogP contribution in [0.4, 0.5) is 0 Å². The third-order valence-corrected chi connectivity index (χ3v) is 3.57. The van der Waals surface area contributed by atoms with Gasteiger partial charge in [-0.3, -0.25) is 0 Å². The Morgan fingerprint density at radius 1 is 1.50 bits per heavy atom. The molecule has 0 aromatic carbocycles. The third kappa shape index (κ3) is 5.34. The van der Waals surface area contributed by atoms with Crippen molar-refractivity contribution in [1.82, 2.24) is 10.2 Å². The lowest BCUT2D eigenvalue weighted by molar-refractivity contribution is 0.322. The van der Waals surface area contributed by atoms with Crippen molar-refractivity contribution in [2.24, 2.45) is 10.4 Å². The van der Waals surface area contributed by atoms with E-state index in [0.29, 0.717) is 17.0 Å². The highest BCUT2D eigenvalue weighted by atomic mass is 127. The van der Waals surface area contributed by atoms with Crippen molar-refractivity contribution in [2.45, 2.75) is 33.6 Å². The number of aliphatic imine (C=N–C) groups is 1. The van der Waals surface area contributed by atoms with E-state index in [1.807, 2.05) is 0 Å². The van der Waals surface area contributed by atoms with E-state index >= 15 is 0 Å². The van der Waals surface area contributed by atoms with Gasteiger partial charge in [-0.25, -0.2) is 4.99 Å². The highest BCUT2D eigenvalue weighted by Crippen LogP contribution is 2.32. The minimum absolute atomic E-state index is 0. The van der Waals surface area contributed by atoms with Gasteiger partial charge in [-0.05, 0) is 25.2 Å². The van der Waals surface area contributed by atoms with E-state index in [2.05, 4.69) is 42.6 Å². The molecule has 1 aliphatic heterocycles. The molecule has 0 aliphatic carbocycles. The van der Waals surface area contributed by atoms with Crippen molar-refractivity contribution in [1.29, 1.82) is 0 Å². The first-order valence-corrected chi connectivity index (χ1v) is 6.75. The Morgan fingerprint density at radius 3 is 2.61 bits per heavy atom. The molecule has 0 saturated carbocycles. The van der Waals surface area contributed by atoms with Crippen LogP contribution in [0.5, 0.6) is 0 Å². The molecule has 1 aliphatic rings. The van der Waals surface area contributed by atoms with Crippen LogP contribution in [0.1, 0.15) is 33.6 Å². The fourth-order valence-corrected chi connectivity index (χ4v) is 2.14. The maximum atomic E-state index is 5.76. The molecule has 1 atom stereocenters. The molecule has 1 saturated heterocycles. The van der Waals surface area contributed by atoms with Crippen LogP contribution in [0.3, 0.4) is 0 Å². The first-order valence-electron chi connectivity index (χ1n) is 6.37. The lowest BCUT2D eigenvalue weighted by Gasteiger charge is -2.25. The van der Waals surface area contributed by atoms with Gasteiger partial charge in [-0.2, -0.15) is 0 Å². The molecule has 5 heteroatoms. The van der Waals surface area contributed by atoms with Gasteiger partial charge in [0.2, 0.25) is 0 Å². The molecule has 0 spiro atoms. The van der Waals surface area contributed by atoms with Crippen molar-refractivity contribution in [3.63, 3.8) is 0 Å². The third-order valence-electron chi connectivity index (χ3n) is 3.45. The Balaban J connectivity index is 0.00000289. The highest BCUT2D eigenvalue weighted by molar-refractivity contribution is 14.0. The summed E-state index contributed by atoms with van der Waals surface area (Å²) in [6, 6.07) is 0. The first-order chi connectivity index (χ1) is 8.00. The van der Waals surface area contributed by atoms with Crippen LogP contribution in [-0.2, 0) is 0 Å². The summed E-state index contributed by atoms with van der Waals surface area (Å²) in [5, 5.41) is 3.90. The van der Waals surface area contributed by atoms with Gasteiger partial charge in [0, 0.05) is 24.7 Å². The standard InChI is InChI=1S/C13H24ClN3.HI/c1-5-13(4)7-8-17(10-13)12(15-6-2)16-9-11(3)14;/h3,5-10H2,1-2,4H3,(H,15,16);1H. The Labute approximate surface area is 133 Å². The Morgan fingerprint density at radius 2 is 2.17 bits per heavy atom. The zero-order chi connectivity index (χ0) is 12.9. The van der Waals surface area contributed by atoms with Crippen molar-refractivity contribution in [3.05, 3.63) is 11.6 Å². The molecule has 18 heavy (non-hydrogen) atoms. The first kappa shape index (κ1) is 18.0. The van der Waals surface area contributed by atoms with Crippen LogP contribution in [0.2, 0.25) is 0 Å². The van der Waals surface area contributed by atoms with E-state index in [0.717, 1.165) is 25.6 Å². The Bertz CT molecular complexity index is 307. The second-order valence-electron chi connectivity index (χ2n) is 5.02. The van der Waals surface area contributed by atoms with Gasteiger partial charge in [0.05, 0.1) is 6.54 Å². The summed E-state index contributed by atoms with van der Waals surface area (Å²) >= 11 is 5.76.